The summed E-state index contributed by atoms with van der Waals surface area (Å²) in [4.78, 5) is 16.1. The van der Waals surface area contributed by atoms with Gasteiger partial charge in [-0.05, 0) is 44.9 Å². The lowest BCUT2D eigenvalue weighted by atomic mass is 10.1. The summed E-state index contributed by atoms with van der Waals surface area (Å²) in [6.45, 7) is 5.73. The number of carbonyl (C=O) groups is 1. The van der Waals surface area contributed by atoms with E-state index >= 15 is 0 Å². The normalized spacial score (nSPS) is 12.9. The van der Waals surface area contributed by atoms with Crippen LogP contribution in [0.1, 0.15) is 26.3 Å². The van der Waals surface area contributed by atoms with Crippen molar-refractivity contribution in [3.8, 4) is 0 Å². The van der Waals surface area contributed by atoms with Gasteiger partial charge in [-0.2, -0.15) is 0 Å². The lowest BCUT2D eigenvalue weighted by Gasteiger charge is -2.24. The summed E-state index contributed by atoms with van der Waals surface area (Å²) < 4.78 is 28.5. The minimum Gasteiger partial charge on any atom is -0.465 e. The average molecular weight is 315 g/mol. The summed E-state index contributed by atoms with van der Waals surface area (Å²) in [5.74, 6) is -0.570. The topological polar surface area (TPSA) is 74.7 Å². The second-order valence-corrected chi connectivity index (χ2v) is 6.42. The smallest absolute Gasteiger partial charge is 0.345 e. The molecule has 0 radical (unpaired) electrons. The van der Waals surface area contributed by atoms with Gasteiger partial charge in [0.25, 0.3) is 0 Å². The minimum absolute atomic E-state index is 0.198. The Labute approximate surface area is 125 Å². The van der Waals surface area contributed by atoms with Gasteiger partial charge in [0.05, 0.1) is 19.8 Å². The Morgan fingerprint density at radius 2 is 1.71 bits per heavy atom. The standard InChI is InChI=1S/C14H22NO5P/c1-4-18-14(16)13(11-12-7-9-15-10-8-12)21(17,19-5-2)20-6-3/h7-10,13H,4-6,11H2,1-3H3. The molecule has 1 atom stereocenters. The van der Waals surface area contributed by atoms with E-state index in [4.69, 9.17) is 13.8 Å². The quantitative estimate of drug-likeness (QED) is 0.515. The van der Waals surface area contributed by atoms with Gasteiger partial charge in [0.2, 0.25) is 0 Å². The van der Waals surface area contributed by atoms with Gasteiger partial charge >= 0.3 is 13.6 Å². The highest BCUT2D eigenvalue weighted by Gasteiger charge is 2.42. The summed E-state index contributed by atoms with van der Waals surface area (Å²) >= 11 is 0. The fourth-order valence-electron chi connectivity index (χ4n) is 1.88. The number of hydrogen-bond acceptors (Lipinski definition) is 6. The van der Waals surface area contributed by atoms with Gasteiger partial charge in [-0.1, -0.05) is 0 Å². The number of carbonyl (C=O) groups excluding carboxylic acids is 1. The van der Waals surface area contributed by atoms with Gasteiger partial charge in [0.1, 0.15) is 0 Å². The number of rotatable bonds is 9. The second kappa shape index (κ2) is 8.93. The molecule has 1 aromatic heterocycles. The summed E-state index contributed by atoms with van der Waals surface area (Å²) in [6.07, 6.45) is 3.45. The molecule has 0 aliphatic carbocycles. The van der Waals surface area contributed by atoms with Gasteiger partial charge in [-0.25, -0.2) is 0 Å². The van der Waals surface area contributed by atoms with Crippen LogP contribution in [0.5, 0.6) is 0 Å². The van der Waals surface area contributed by atoms with Crippen LogP contribution >= 0.6 is 7.60 Å². The number of ether oxygens (including phenoxy) is 1. The molecule has 0 N–H and O–H groups in total. The molecule has 0 aromatic carbocycles. The monoisotopic (exact) mass is 315 g/mol. The van der Waals surface area contributed by atoms with Crippen LogP contribution in [0.25, 0.3) is 0 Å². The molecule has 118 valence electrons. The molecule has 6 nitrogen and oxygen atoms in total. The minimum atomic E-state index is -3.58. The van der Waals surface area contributed by atoms with Crippen LogP contribution in [0, 0.1) is 0 Å². The molecular weight excluding hydrogens is 293 g/mol. The number of esters is 1. The van der Waals surface area contributed by atoms with E-state index in [1.54, 1.807) is 45.3 Å². The molecule has 0 saturated heterocycles. The Kier molecular flexibility index (Phi) is 7.57. The van der Waals surface area contributed by atoms with Crippen LogP contribution in [0.3, 0.4) is 0 Å². The van der Waals surface area contributed by atoms with E-state index in [-0.39, 0.29) is 26.2 Å². The maximum Gasteiger partial charge on any atom is 0.345 e. The summed E-state index contributed by atoms with van der Waals surface area (Å²) in [6, 6.07) is 3.52. The van der Waals surface area contributed by atoms with Crippen molar-refractivity contribution in [2.24, 2.45) is 0 Å². The third-order valence-corrected chi connectivity index (χ3v) is 5.13. The van der Waals surface area contributed by atoms with Crippen molar-refractivity contribution in [1.82, 2.24) is 4.98 Å². The highest BCUT2D eigenvalue weighted by atomic mass is 31.2. The molecule has 0 bridgehead atoms. The van der Waals surface area contributed by atoms with Crippen LogP contribution in [0.15, 0.2) is 24.5 Å². The molecule has 1 unspecified atom stereocenters. The number of pyridine rings is 1. The van der Waals surface area contributed by atoms with Crippen LogP contribution in [-0.4, -0.2) is 36.4 Å². The third kappa shape index (κ3) is 5.23. The van der Waals surface area contributed by atoms with E-state index in [1.165, 1.54) is 0 Å². The molecule has 1 aromatic rings. The zero-order valence-electron chi connectivity index (χ0n) is 12.7. The van der Waals surface area contributed by atoms with E-state index < -0.39 is 19.2 Å². The van der Waals surface area contributed by atoms with Crippen LogP contribution in [0.4, 0.5) is 0 Å². The first-order valence-electron chi connectivity index (χ1n) is 7.01. The Hall–Kier alpha value is -1.23. The Balaban J connectivity index is 3.05. The molecule has 0 aliphatic heterocycles. The molecular formula is C14H22NO5P. The van der Waals surface area contributed by atoms with Gasteiger partial charge in [0, 0.05) is 12.4 Å². The lowest BCUT2D eigenvalue weighted by Crippen LogP contribution is -2.28. The summed E-state index contributed by atoms with van der Waals surface area (Å²) in [5.41, 5.74) is -0.151. The maximum absolute atomic E-state index is 12.9. The molecule has 0 fully saturated rings. The van der Waals surface area contributed by atoms with Crippen molar-refractivity contribution in [3.05, 3.63) is 30.1 Å². The first-order chi connectivity index (χ1) is 10.1. The molecule has 0 saturated carbocycles. The Morgan fingerprint density at radius 1 is 1.14 bits per heavy atom. The second-order valence-electron chi connectivity index (χ2n) is 4.20. The maximum atomic E-state index is 12.9. The SMILES string of the molecule is CCOC(=O)C(Cc1ccncc1)P(=O)(OCC)OCC. The van der Waals surface area contributed by atoms with Crippen molar-refractivity contribution in [3.63, 3.8) is 0 Å². The molecule has 1 heterocycles. The fourth-order valence-corrected chi connectivity index (χ4v) is 3.80. The van der Waals surface area contributed by atoms with E-state index in [0.29, 0.717) is 0 Å². The number of hydrogen-bond donors (Lipinski definition) is 0. The molecule has 7 heteroatoms. The van der Waals surface area contributed by atoms with E-state index in [0.717, 1.165) is 5.56 Å². The van der Waals surface area contributed by atoms with Crippen molar-refractivity contribution in [2.75, 3.05) is 19.8 Å². The largest absolute Gasteiger partial charge is 0.465 e. The van der Waals surface area contributed by atoms with Gasteiger partial charge < -0.3 is 13.8 Å². The van der Waals surface area contributed by atoms with E-state index in [1.807, 2.05) is 0 Å². The van der Waals surface area contributed by atoms with Crippen molar-refractivity contribution < 1.29 is 23.1 Å². The zero-order chi connectivity index (χ0) is 15.7. The van der Waals surface area contributed by atoms with Gasteiger partial charge in [-0.3, -0.25) is 14.3 Å². The third-order valence-electron chi connectivity index (χ3n) is 2.74. The molecule has 21 heavy (non-hydrogen) atoms. The number of nitrogens with zero attached hydrogens (tertiary/aromatic N) is 1. The van der Waals surface area contributed by atoms with Crippen molar-refractivity contribution in [2.45, 2.75) is 32.9 Å². The average Bonchev–Trinajstić information content (AvgIpc) is 2.46. The van der Waals surface area contributed by atoms with Crippen LogP contribution in [0.2, 0.25) is 0 Å². The van der Waals surface area contributed by atoms with Crippen LogP contribution < -0.4 is 0 Å². The van der Waals surface area contributed by atoms with Gasteiger partial charge in [-0.15, -0.1) is 0 Å². The molecule has 1 rings (SSSR count). The highest BCUT2D eigenvalue weighted by Crippen LogP contribution is 2.54. The summed E-state index contributed by atoms with van der Waals surface area (Å²) in [7, 11) is -3.58. The van der Waals surface area contributed by atoms with Crippen LogP contribution in [-0.2, 0) is 29.6 Å². The predicted octanol–water partition coefficient (Wildman–Crippen LogP) is 2.82. The first kappa shape index (κ1) is 17.8. The molecule has 0 spiro atoms. The first-order valence-corrected chi connectivity index (χ1v) is 8.62. The Morgan fingerprint density at radius 3 is 2.19 bits per heavy atom. The Bertz CT molecular complexity index is 470. The zero-order valence-corrected chi connectivity index (χ0v) is 13.5. The highest BCUT2D eigenvalue weighted by molar-refractivity contribution is 7.55. The molecule has 0 amide bonds. The summed E-state index contributed by atoms with van der Waals surface area (Å²) in [5, 5.41) is 0. The van der Waals surface area contributed by atoms with Crippen molar-refractivity contribution >= 4 is 13.6 Å². The molecule has 0 aliphatic rings. The predicted molar refractivity (Wildman–Crippen MR) is 79.2 cm³/mol. The number of aromatic nitrogens is 1. The fraction of sp³-hybridized carbons (Fsp3) is 0.571. The van der Waals surface area contributed by atoms with Crippen molar-refractivity contribution in [1.29, 1.82) is 0 Å². The lowest BCUT2D eigenvalue weighted by molar-refractivity contribution is -0.143. The van der Waals surface area contributed by atoms with E-state index in [9.17, 15) is 9.36 Å². The van der Waals surface area contributed by atoms with Gasteiger partial charge in [0.15, 0.2) is 5.66 Å². The van der Waals surface area contributed by atoms with E-state index in [2.05, 4.69) is 4.98 Å².